The molecule has 2 aromatic carbocycles. The van der Waals surface area contributed by atoms with Crippen molar-refractivity contribution in [2.45, 2.75) is 19.5 Å². The molecule has 0 spiro atoms. The standard InChI is InChI=1S/C20H21FN4O/c1-14(26)24-18-9-3-15(4-10-18)13-23-19(20-22-11-12-25(20)2)16-5-7-17(21)8-6-16/h3-12,19,23H,13H2,1-2H3,(H,24,26)/t19-/m0/s1. The molecule has 1 aromatic heterocycles. The summed E-state index contributed by atoms with van der Waals surface area (Å²) in [7, 11) is 1.93. The van der Waals surface area contributed by atoms with Crippen LogP contribution in [0.5, 0.6) is 0 Å². The predicted octanol–water partition coefficient (Wildman–Crippen LogP) is 3.40. The van der Waals surface area contributed by atoms with Gasteiger partial charge in [-0.25, -0.2) is 9.37 Å². The summed E-state index contributed by atoms with van der Waals surface area (Å²) in [4.78, 5) is 15.5. The van der Waals surface area contributed by atoms with Gasteiger partial charge in [0.15, 0.2) is 0 Å². The van der Waals surface area contributed by atoms with Crippen molar-refractivity contribution < 1.29 is 9.18 Å². The molecule has 26 heavy (non-hydrogen) atoms. The molecule has 0 aliphatic heterocycles. The molecule has 134 valence electrons. The van der Waals surface area contributed by atoms with Crippen LogP contribution in [0.3, 0.4) is 0 Å². The van der Waals surface area contributed by atoms with E-state index in [4.69, 9.17) is 0 Å². The monoisotopic (exact) mass is 352 g/mol. The predicted molar refractivity (Wildman–Crippen MR) is 99.0 cm³/mol. The van der Waals surface area contributed by atoms with Crippen LogP contribution in [0.2, 0.25) is 0 Å². The van der Waals surface area contributed by atoms with Gasteiger partial charge >= 0.3 is 0 Å². The zero-order valence-electron chi connectivity index (χ0n) is 14.7. The van der Waals surface area contributed by atoms with Crippen LogP contribution in [-0.2, 0) is 18.4 Å². The number of hydrogen-bond acceptors (Lipinski definition) is 3. The van der Waals surface area contributed by atoms with Crippen LogP contribution < -0.4 is 10.6 Å². The molecule has 1 atom stereocenters. The van der Waals surface area contributed by atoms with E-state index in [1.807, 2.05) is 42.1 Å². The number of carbonyl (C=O) groups is 1. The zero-order valence-corrected chi connectivity index (χ0v) is 14.7. The van der Waals surface area contributed by atoms with Gasteiger partial charge in [0.25, 0.3) is 0 Å². The van der Waals surface area contributed by atoms with Crippen LogP contribution in [-0.4, -0.2) is 15.5 Å². The molecule has 0 aliphatic rings. The van der Waals surface area contributed by atoms with Gasteiger partial charge in [-0.3, -0.25) is 10.1 Å². The number of nitrogens with zero attached hydrogens (tertiary/aromatic N) is 2. The maximum atomic E-state index is 13.3. The van der Waals surface area contributed by atoms with Crippen LogP contribution in [0, 0.1) is 5.82 Å². The van der Waals surface area contributed by atoms with Crippen LogP contribution in [0.15, 0.2) is 60.9 Å². The first-order chi connectivity index (χ1) is 12.5. The quantitative estimate of drug-likeness (QED) is 0.715. The highest BCUT2D eigenvalue weighted by atomic mass is 19.1. The molecule has 1 amide bonds. The molecule has 3 aromatic rings. The van der Waals surface area contributed by atoms with Gasteiger partial charge in [0.05, 0.1) is 6.04 Å². The maximum absolute atomic E-state index is 13.3. The summed E-state index contributed by atoms with van der Waals surface area (Å²) >= 11 is 0. The number of imidazole rings is 1. The first-order valence-corrected chi connectivity index (χ1v) is 8.35. The Morgan fingerprint density at radius 1 is 1.15 bits per heavy atom. The van der Waals surface area contributed by atoms with Crippen molar-refractivity contribution in [2.24, 2.45) is 7.05 Å². The molecule has 0 radical (unpaired) electrons. The number of aromatic nitrogens is 2. The lowest BCUT2D eigenvalue weighted by Gasteiger charge is -2.19. The molecule has 0 unspecified atom stereocenters. The lowest BCUT2D eigenvalue weighted by Crippen LogP contribution is -2.24. The van der Waals surface area contributed by atoms with Crippen molar-refractivity contribution in [3.63, 3.8) is 0 Å². The van der Waals surface area contributed by atoms with Crippen molar-refractivity contribution in [2.75, 3.05) is 5.32 Å². The van der Waals surface area contributed by atoms with E-state index in [1.54, 1.807) is 18.3 Å². The second-order valence-corrected chi connectivity index (χ2v) is 6.14. The Labute approximate surface area is 151 Å². The average Bonchev–Trinajstić information content (AvgIpc) is 3.03. The van der Waals surface area contributed by atoms with Crippen molar-refractivity contribution >= 4 is 11.6 Å². The van der Waals surface area contributed by atoms with Gasteiger partial charge in [0.2, 0.25) is 5.91 Å². The molecule has 5 nitrogen and oxygen atoms in total. The van der Waals surface area contributed by atoms with Crippen molar-refractivity contribution in [1.82, 2.24) is 14.9 Å². The van der Waals surface area contributed by atoms with Gasteiger partial charge in [-0.1, -0.05) is 24.3 Å². The van der Waals surface area contributed by atoms with Gasteiger partial charge < -0.3 is 9.88 Å². The Bertz CT molecular complexity index is 872. The molecule has 6 heteroatoms. The number of rotatable bonds is 6. The van der Waals surface area contributed by atoms with Crippen molar-refractivity contribution in [3.8, 4) is 0 Å². The Balaban J connectivity index is 1.77. The maximum Gasteiger partial charge on any atom is 0.221 e. The number of halogens is 1. The number of aryl methyl sites for hydroxylation is 1. The van der Waals surface area contributed by atoms with Crippen molar-refractivity contribution in [3.05, 3.63) is 83.7 Å². The van der Waals surface area contributed by atoms with Gasteiger partial charge in [0, 0.05) is 38.6 Å². The zero-order chi connectivity index (χ0) is 18.5. The third-order valence-corrected chi connectivity index (χ3v) is 4.10. The summed E-state index contributed by atoms with van der Waals surface area (Å²) in [5.41, 5.74) is 2.77. The Hall–Kier alpha value is -2.99. The van der Waals surface area contributed by atoms with E-state index in [9.17, 15) is 9.18 Å². The summed E-state index contributed by atoms with van der Waals surface area (Å²) in [5.74, 6) is 0.495. The fraction of sp³-hybridized carbons (Fsp3) is 0.200. The topological polar surface area (TPSA) is 59.0 Å². The van der Waals surface area contributed by atoms with Crippen LogP contribution in [0.1, 0.15) is 29.9 Å². The fourth-order valence-corrected chi connectivity index (χ4v) is 2.80. The minimum Gasteiger partial charge on any atom is -0.336 e. The molecule has 0 bridgehead atoms. The second-order valence-electron chi connectivity index (χ2n) is 6.14. The molecule has 2 N–H and O–H groups in total. The van der Waals surface area contributed by atoms with E-state index in [-0.39, 0.29) is 17.8 Å². The molecule has 0 saturated heterocycles. The highest BCUT2D eigenvalue weighted by Crippen LogP contribution is 2.21. The molecule has 3 rings (SSSR count). The van der Waals surface area contributed by atoms with E-state index in [0.29, 0.717) is 6.54 Å². The molecule has 0 saturated carbocycles. The van der Waals surface area contributed by atoms with E-state index in [0.717, 1.165) is 22.6 Å². The van der Waals surface area contributed by atoms with Crippen molar-refractivity contribution in [1.29, 1.82) is 0 Å². The number of nitrogens with one attached hydrogen (secondary N) is 2. The largest absolute Gasteiger partial charge is 0.336 e. The van der Waals surface area contributed by atoms with E-state index in [1.165, 1.54) is 19.1 Å². The molecule has 0 fully saturated rings. The van der Waals surface area contributed by atoms with E-state index >= 15 is 0 Å². The first-order valence-electron chi connectivity index (χ1n) is 8.35. The summed E-state index contributed by atoms with van der Waals surface area (Å²) in [5, 5.41) is 6.23. The highest BCUT2D eigenvalue weighted by molar-refractivity contribution is 5.88. The van der Waals surface area contributed by atoms with Crippen LogP contribution in [0.4, 0.5) is 10.1 Å². The normalized spacial score (nSPS) is 12.0. The Morgan fingerprint density at radius 2 is 1.85 bits per heavy atom. The first kappa shape index (κ1) is 17.8. The third-order valence-electron chi connectivity index (χ3n) is 4.10. The SMILES string of the molecule is CC(=O)Nc1ccc(CN[C@@H](c2ccc(F)cc2)c2nccn2C)cc1. The lowest BCUT2D eigenvalue weighted by atomic mass is 10.1. The van der Waals surface area contributed by atoms with E-state index in [2.05, 4.69) is 15.6 Å². The third kappa shape index (κ3) is 4.34. The highest BCUT2D eigenvalue weighted by Gasteiger charge is 2.18. The Kier molecular flexibility index (Phi) is 5.43. The summed E-state index contributed by atoms with van der Waals surface area (Å²) in [6.07, 6.45) is 3.63. The number of amides is 1. The smallest absolute Gasteiger partial charge is 0.221 e. The van der Waals surface area contributed by atoms with Gasteiger partial charge in [0.1, 0.15) is 11.6 Å². The number of anilines is 1. The molecule has 1 heterocycles. The molecular weight excluding hydrogens is 331 g/mol. The summed E-state index contributed by atoms with van der Waals surface area (Å²) < 4.78 is 15.2. The summed E-state index contributed by atoms with van der Waals surface area (Å²) in [6.45, 7) is 2.09. The van der Waals surface area contributed by atoms with Gasteiger partial charge in [-0.2, -0.15) is 0 Å². The average molecular weight is 352 g/mol. The van der Waals surface area contributed by atoms with E-state index < -0.39 is 0 Å². The number of hydrogen-bond donors (Lipinski definition) is 2. The van der Waals surface area contributed by atoms with Gasteiger partial charge in [-0.15, -0.1) is 0 Å². The lowest BCUT2D eigenvalue weighted by molar-refractivity contribution is -0.114. The summed E-state index contributed by atoms with van der Waals surface area (Å²) in [6, 6.07) is 13.9. The minimum atomic E-state index is -0.263. The van der Waals surface area contributed by atoms with Gasteiger partial charge in [-0.05, 0) is 35.4 Å². The fourth-order valence-electron chi connectivity index (χ4n) is 2.80. The van der Waals surface area contributed by atoms with Crippen LogP contribution in [0.25, 0.3) is 0 Å². The second kappa shape index (κ2) is 7.93. The number of benzene rings is 2. The molecule has 0 aliphatic carbocycles. The van der Waals surface area contributed by atoms with Crippen LogP contribution >= 0.6 is 0 Å². The number of carbonyl (C=O) groups excluding carboxylic acids is 1. The minimum absolute atomic E-state index is 0.0953. The molecular formula is C20H21FN4O. The Morgan fingerprint density at radius 3 is 2.42 bits per heavy atom.